The number of methoxy groups -OCH3 is 1. The summed E-state index contributed by atoms with van der Waals surface area (Å²) >= 11 is 0. The predicted molar refractivity (Wildman–Crippen MR) is 181 cm³/mol. The maximum absolute atomic E-state index is 12.4. The molecule has 0 radical (unpaired) electrons. The Bertz CT molecular complexity index is 1280. The molecule has 0 spiro atoms. The number of aromatic nitrogens is 3. The van der Waals surface area contributed by atoms with Crippen LogP contribution in [0.2, 0.25) is 0 Å². The molecule has 2 amide bonds. The fraction of sp³-hybridized carbons (Fsp3) is 0.735. The monoisotopic (exact) mass is 671 g/mol. The minimum absolute atomic E-state index is 0.0539. The lowest BCUT2D eigenvalue weighted by Gasteiger charge is -2.55. The van der Waals surface area contributed by atoms with E-state index in [1.165, 1.54) is 7.11 Å². The van der Waals surface area contributed by atoms with Gasteiger partial charge in [-0.2, -0.15) is 15.0 Å². The van der Waals surface area contributed by atoms with Gasteiger partial charge in [0.15, 0.2) is 0 Å². The number of hydrogen-bond acceptors (Lipinski definition) is 12. The maximum Gasteiger partial charge on any atom is 0.349 e. The molecule has 14 nitrogen and oxygen atoms in total. The number of piperidine rings is 2. The highest BCUT2D eigenvalue weighted by Gasteiger charge is 2.47. The molecule has 266 valence electrons. The van der Waals surface area contributed by atoms with Gasteiger partial charge in [-0.3, -0.25) is 9.59 Å². The topological polar surface area (TPSA) is 166 Å². The third kappa shape index (κ3) is 10.0. The average molecular weight is 672 g/mol. The summed E-state index contributed by atoms with van der Waals surface area (Å²) in [6.07, 6.45) is 6.47. The summed E-state index contributed by atoms with van der Waals surface area (Å²) in [5, 5.41) is 0. The van der Waals surface area contributed by atoms with Gasteiger partial charge in [-0.05, 0) is 106 Å². The maximum atomic E-state index is 12.4. The van der Waals surface area contributed by atoms with Crippen molar-refractivity contribution < 1.29 is 33.4 Å². The third-order valence-corrected chi connectivity index (χ3v) is 9.09. The predicted octanol–water partition coefficient (Wildman–Crippen LogP) is 4.78. The summed E-state index contributed by atoms with van der Waals surface area (Å²) in [6, 6.07) is -0.102. The Balaban J connectivity index is 1.51. The summed E-state index contributed by atoms with van der Waals surface area (Å²) in [6.45, 7) is 20.1. The summed E-state index contributed by atoms with van der Waals surface area (Å²) in [7, 11) is 1.35. The van der Waals surface area contributed by atoms with Crippen molar-refractivity contribution >= 4 is 48.1 Å². The van der Waals surface area contributed by atoms with Crippen molar-refractivity contribution in [1.82, 2.24) is 24.8 Å². The highest BCUT2D eigenvalue weighted by molar-refractivity contribution is 6.24. The SMILES string of the molecule is COc1nc(N=CC(=O)OCCC2CC(C)(C)N(C(C)=O)C(C)(C)C2)nc(N=CC(=O)OCCC2CC(C)(C)N(C(C)=O)C(C)(C)C2)n1. The van der Waals surface area contributed by atoms with Crippen LogP contribution in [0.25, 0.3) is 0 Å². The van der Waals surface area contributed by atoms with E-state index in [1.807, 2.05) is 9.80 Å². The second-order valence-corrected chi connectivity index (χ2v) is 15.4. The van der Waals surface area contributed by atoms with Gasteiger partial charge in [0.1, 0.15) is 12.4 Å². The number of esters is 2. The molecule has 3 heterocycles. The first-order valence-corrected chi connectivity index (χ1v) is 16.5. The zero-order valence-corrected chi connectivity index (χ0v) is 30.5. The molecular formula is C34H53N7O7. The van der Waals surface area contributed by atoms with Crippen molar-refractivity contribution in [3.8, 4) is 6.01 Å². The molecule has 0 N–H and O–H groups in total. The second-order valence-electron chi connectivity index (χ2n) is 15.4. The van der Waals surface area contributed by atoms with Crippen LogP contribution in [0.15, 0.2) is 9.98 Å². The molecule has 2 fully saturated rings. The van der Waals surface area contributed by atoms with E-state index in [4.69, 9.17) is 14.2 Å². The van der Waals surface area contributed by atoms with Crippen LogP contribution in [0.4, 0.5) is 11.9 Å². The Morgan fingerprint density at radius 3 is 1.29 bits per heavy atom. The number of rotatable bonds is 11. The Morgan fingerprint density at radius 1 is 0.667 bits per heavy atom. The highest BCUT2D eigenvalue weighted by atomic mass is 16.5. The molecule has 0 aromatic carbocycles. The third-order valence-electron chi connectivity index (χ3n) is 9.09. The molecule has 14 heteroatoms. The largest absolute Gasteiger partial charge is 0.467 e. The quantitative estimate of drug-likeness (QED) is 0.236. The van der Waals surface area contributed by atoms with Crippen molar-refractivity contribution in [3.05, 3.63) is 0 Å². The molecule has 0 bridgehead atoms. The van der Waals surface area contributed by atoms with Gasteiger partial charge in [-0.15, -0.1) is 0 Å². The van der Waals surface area contributed by atoms with Crippen LogP contribution in [0.1, 0.15) is 108 Å². The summed E-state index contributed by atoms with van der Waals surface area (Å²) < 4.78 is 15.9. The number of likely N-dealkylation sites (tertiary alicyclic amines) is 2. The summed E-state index contributed by atoms with van der Waals surface area (Å²) in [4.78, 5) is 73.3. The highest BCUT2D eigenvalue weighted by Crippen LogP contribution is 2.43. The fourth-order valence-corrected chi connectivity index (χ4v) is 8.58. The number of amides is 2. The molecular weight excluding hydrogens is 618 g/mol. The number of carbonyl (C=O) groups is 4. The standard InChI is InChI=1S/C34H53N7O7/c1-22(42)40-31(3,4)16-24(17-32(40,5)6)12-14-47-26(44)20-35-28-37-29(39-30(38-28)46-11)36-21-27(45)48-15-13-25-18-33(7,8)41(23(2)43)34(9,10)19-25/h20-21,24-25H,12-19H2,1-11H3. The lowest BCUT2D eigenvalue weighted by atomic mass is 9.72. The molecule has 2 aliphatic heterocycles. The minimum atomic E-state index is -0.665. The Hall–Kier alpha value is -3.97. The van der Waals surface area contributed by atoms with Crippen LogP contribution in [0.5, 0.6) is 6.01 Å². The van der Waals surface area contributed by atoms with Gasteiger partial charge < -0.3 is 24.0 Å². The van der Waals surface area contributed by atoms with Gasteiger partial charge in [-0.1, -0.05) is 0 Å². The van der Waals surface area contributed by atoms with Gasteiger partial charge in [0.25, 0.3) is 11.9 Å². The number of hydrogen-bond donors (Lipinski definition) is 0. The first-order valence-electron chi connectivity index (χ1n) is 16.5. The van der Waals surface area contributed by atoms with E-state index in [9.17, 15) is 19.2 Å². The van der Waals surface area contributed by atoms with E-state index < -0.39 is 11.9 Å². The van der Waals surface area contributed by atoms with Gasteiger partial charge in [-0.25, -0.2) is 19.6 Å². The van der Waals surface area contributed by atoms with E-state index in [1.54, 1.807) is 13.8 Å². The number of aliphatic imine (C=N–C) groups is 2. The van der Waals surface area contributed by atoms with Crippen LogP contribution in [0.3, 0.4) is 0 Å². The Kier molecular flexibility index (Phi) is 12.1. The Morgan fingerprint density at radius 2 is 1.00 bits per heavy atom. The van der Waals surface area contributed by atoms with Crippen LogP contribution in [-0.2, 0) is 28.7 Å². The van der Waals surface area contributed by atoms with Crippen LogP contribution in [-0.4, -0.2) is 103 Å². The first-order chi connectivity index (χ1) is 22.2. The summed E-state index contributed by atoms with van der Waals surface area (Å²) in [5.41, 5.74) is -1.21. The zero-order chi connectivity index (χ0) is 36.1. The van der Waals surface area contributed by atoms with Crippen molar-refractivity contribution in [1.29, 1.82) is 0 Å². The Labute approximate surface area is 284 Å². The molecule has 3 rings (SSSR count). The van der Waals surface area contributed by atoms with Gasteiger partial charge >= 0.3 is 17.9 Å². The van der Waals surface area contributed by atoms with Crippen LogP contribution < -0.4 is 4.74 Å². The van der Waals surface area contributed by atoms with E-state index in [0.717, 1.165) is 38.1 Å². The van der Waals surface area contributed by atoms with Crippen LogP contribution in [0, 0.1) is 11.8 Å². The molecule has 0 aliphatic carbocycles. The lowest BCUT2D eigenvalue weighted by molar-refractivity contribution is -0.151. The fourth-order valence-electron chi connectivity index (χ4n) is 8.58. The molecule has 2 saturated heterocycles. The molecule has 0 atom stereocenters. The number of nitrogens with zero attached hydrogens (tertiary/aromatic N) is 7. The normalized spacial score (nSPS) is 20.6. The minimum Gasteiger partial charge on any atom is -0.467 e. The second kappa shape index (κ2) is 15.1. The molecule has 1 aromatic rings. The molecule has 0 unspecified atom stereocenters. The average Bonchev–Trinajstić information content (AvgIpc) is 2.91. The van der Waals surface area contributed by atoms with Crippen LogP contribution >= 0.6 is 0 Å². The first kappa shape index (κ1) is 38.5. The molecule has 48 heavy (non-hydrogen) atoms. The van der Waals surface area contributed by atoms with Gasteiger partial charge in [0, 0.05) is 36.0 Å². The number of carbonyl (C=O) groups excluding carboxylic acids is 4. The summed E-state index contributed by atoms with van der Waals surface area (Å²) in [5.74, 6) is -0.969. The van der Waals surface area contributed by atoms with Gasteiger partial charge in [0.2, 0.25) is 11.8 Å². The van der Waals surface area contributed by atoms with Crippen molar-refractivity contribution in [2.75, 3.05) is 20.3 Å². The van der Waals surface area contributed by atoms with Crippen molar-refractivity contribution in [3.63, 3.8) is 0 Å². The van der Waals surface area contributed by atoms with E-state index in [-0.39, 0.29) is 76.9 Å². The zero-order valence-electron chi connectivity index (χ0n) is 30.5. The smallest absolute Gasteiger partial charge is 0.349 e. The van der Waals surface area contributed by atoms with Crippen molar-refractivity contribution in [2.24, 2.45) is 21.8 Å². The van der Waals surface area contributed by atoms with E-state index in [2.05, 4.69) is 80.3 Å². The molecule has 2 aliphatic rings. The van der Waals surface area contributed by atoms with Crippen molar-refractivity contribution in [2.45, 2.75) is 130 Å². The molecule has 0 saturated carbocycles. The molecule has 1 aromatic heterocycles. The van der Waals surface area contributed by atoms with E-state index >= 15 is 0 Å². The van der Waals surface area contributed by atoms with Gasteiger partial charge in [0.05, 0.1) is 20.3 Å². The lowest BCUT2D eigenvalue weighted by Crippen LogP contribution is -2.62. The van der Waals surface area contributed by atoms with E-state index in [0.29, 0.717) is 12.8 Å². The number of ether oxygens (including phenoxy) is 3.